The highest BCUT2D eigenvalue weighted by molar-refractivity contribution is 7.30. The number of para-hydroxylation sites is 1. The zero-order chi connectivity index (χ0) is 29.8. The topological polar surface area (TPSA) is 37.4 Å². The van der Waals surface area contributed by atoms with Gasteiger partial charge in [-0.1, -0.05) is 78.9 Å². The SMILES string of the molecule is Cc1cccc(N(c2ccccc2)c2cc3sc(C=C4C(=O)c5ccc(C6=CC7C=CC=CC7C=C6)cc5C4=O)cc3s2)c1. The molecule has 0 bridgehead atoms. The fourth-order valence-corrected chi connectivity index (χ4v) is 8.60. The summed E-state index contributed by atoms with van der Waals surface area (Å²) in [5, 5.41) is 1.12. The van der Waals surface area contributed by atoms with Crippen molar-refractivity contribution in [2.24, 2.45) is 11.8 Å². The maximum absolute atomic E-state index is 13.6. The van der Waals surface area contributed by atoms with Crippen LogP contribution in [0.25, 0.3) is 21.0 Å². The lowest BCUT2D eigenvalue weighted by Gasteiger charge is -2.23. The minimum atomic E-state index is -0.197. The van der Waals surface area contributed by atoms with Crippen LogP contribution in [0.3, 0.4) is 0 Å². The van der Waals surface area contributed by atoms with Gasteiger partial charge in [0.15, 0.2) is 11.6 Å². The van der Waals surface area contributed by atoms with E-state index in [1.807, 2.05) is 24.3 Å². The molecule has 3 aliphatic rings. The molecule has 44 heavy (non-hydrogen) atoms. The van der Waals surface area contributed by atoms with E-state index in [1.165, 1.54) is 5.56 Å². The second-order valence-corrected chi connectivity index (χ2v) is 13.5. The number of hydrogen-bond donors (Lipinski definition) is 0. The molecule has 0 aliphatic heterocycles. The fourth-order valence-electron chi connectivity index (χ4n) is 6.22. The second kappa shape index (κ2) is 10.7. The normalized spacial score (nSPS) is 19.5. The molecule has 0 spiro atoms. The van der Waals surface area contributed by atoms with E-state index in [-0.39, 0.29) is 17.1 Å². The van der Waals surface area contributed by atoms with E-state index >= 15 is 0 Å². The Hall–Kier alpha value is -4.84. The summed E-state index contributed by atoms with van der Waals surface area (Å²) in [7, 11) is 0. The van der Waals surface area contributed by atoms with Crippen LogP contribution in [0.1, 0.15) is 36.7 Å². The number of benzene rings is 3. The maximum atomic E-state index is 13.6. The number of carbonyl (C=O) groups is 2. The van der Waals surface area contributed by atoms with Crippen LogP contribution in [0.2, 0.25) is 0 Å². The largest absolute Gasteiger partial charge is 0.302 e. The van der Waals surface area contributed by atoms with E-state index < -0.39 is 0 Å². The summed E-state index contributed by atoms with van der Waals surface area (Å²) in [5.74, 6) is 0.289. The van der Waals surface area contributed by atoms with Crippen LogP contribution in [0.5, 0.6) is 0 Å². The maximum Gasteiger partial charge on any atom is 0.197 e. The Morgan fingerprint density at radius 3 is 2.30 bits per heavy atom. The van der Waals surface area contributed by atoms with Crippen molar-refractivity contribution < 1.29 is 9.59 Å². The van der Waals surface area contributed by atoms with Gasteiger partial charge in [-0.05, 0) is 78.2 Å². The van der Waals surface area contributed by atoms with E-state index in [4.69, 9.17) is 0 Å². The highest BCUT2D eigenvalue weighted by atomic mass is 32.1. The first-order valence-corrected chi connectivity index (χ1v) is 16.3. The number of fused-ring (bicyclic) bond motifs is 3. The standard InChI is InChI=1S/C39H27NO2S2/c1-24-8-7-13-30(18-24)40(29-11-3-2-4-12-29)37-23-36-35(44-37)22-31(43-36)21-34-38(41)32-17-16-28(20-33(32)39(34)42)27-15-14-25-9-5-6-10-26(25)19-27/h2-23,25-26H,1H3. The molecular weight excluding hydrogens is 579 g/mol. The number of anilines is 3. The Labute approximate surface area is 264 Å². The summed E-state index contributed by atoms with van der Waals surface area (Å²) < 4.78 is 2.26. The average Bonchev–Trinajstić information content (AvgIpc) is 3.68. The molecule has 3 nitrogen and oxygen atoms in total. The van der Waals surface area contributed by atoms with Gasteiger partial charge in [0.1, 0.15) is 5.00 Å². The summed E-state index contributed by atoms with van der Waals surface area (Å²) >= 11 is 3.32. The van der Waals surface area contributed by atoms with Crippen LogP contribution in [-0.2, 0) is 0 Å². The van der Waals surface area contributed by atoms with Crippen molar-refractivity contribution >= 4 is 71.7 Å². The molecule has 0 fully saturated rings. The van der Waals surface area contributed by atoms with E-state index in [1.54, 1.807) is 28.7 Å². The number of ketones is 2. The van der Waals surface area contributed by atoms with Gasteiger partial charge in [0.2, 0.25) is 0 Å². The van der Waals surface area contributed by atoms with Gasteiger partial charge in [0.25, 0.3) is 0 Å². The quantitative estimate of drug-likeness (QED) is 0.148. The Balaban J connectivity index is 1.10. The van der Waals surface area contributed by atoms with Crippen LogP contribution >= 0.6 is 22.7 Å². The smallest absolute Gasteiger partial charge is 0.197 e. The number of aryl methyl sites for hydroxylation is 1. The molecule has 2 atom stereocenters. The molecular formula is C39H27NO2S2. The number of thiophene rings is 2. The molecule has 2 heterocycles. The number of hydrogen-bond acceptors (Lipinski definition) is 5. The van der Waals surface area contributed by atoms with Crippen molar-refractivity contribution in [2.45, 2.75) is 6.92 Å². The Morgan fingerprint density at radius 1 is 0.705 bits per heavy atom. The summed E-state index contributed by atoms with van der Waals surface area (Å²) in [6.45, 7) is 2.11. The van der Waals surface area contributed by atoms with Crippen molar-refractivity contribution in [3.05, 3.63) is 160 Å². The molecule has 3 aliphatic carbocycles. The third-order valence-corrected chi connectivity index (χ3v) is 10.6. The molecule has 8 rings (SSSR count). The lowest BCUT2D eigenvalue weighted by molar-refractivity contribution is 0.0990. The van der Waals surface area contributed by atoms with Gasteiger partial charge in [-0.3, -0.25) is 9.59 Å². The lowest BCUT2D eigenvalue weighted by Crippen LogP contribution is -2.11. The van der Waals surface area contributed by atoms with E-state index in [0.717, 1.165) is 41.8 Å². The van der Waals surface area contributed by atoms with Crippen LogP contribution in [0.4, 0.5) is 16.4 Å². The summed E-state index contributed by atoms with van der Waals surface area (Å²) in [5.41, 5.74) is 6.67. The Bertz CT molecular complexity index is 2110. The molecule has 0 N–H and O–H groups in total. The number of Topliss-reactive ketones (excluding diaryl/α,β-unsaturated/α-hetero) is 2. The number of rotatable bonds is 5. The van der Waals surface area contributed by atoms with Crippen molar-refractivity contribution in [2.75, 3.05) is 4.90 Å². The predicted octanol–water partition coefficient (Wildman–Crippen LogP) is 10.5. The molecule has 212 valence electrons. The Kier molecular flexibility index (Phi) is 6.51. The van der Waals surface area contributed by atoms with Gasteiger partial charge in [-0.2, -0.15) is 0 Å². The summed E-state index contributed by atoms with van der Waals surface area (Å²) in [4.78, 5) is 30.1. The highest BCUT2D eigenvalue weighted by Gasteiger charge is 2.34. The number of carbonyl (C=O) groups excluding carboxylic acids is 2. The molecule has 0 saturated carbocycles. The van der Waals surface area contributed by atoms with Crippen LogP contribution in [0.15, 0.2) is 133 Å². The van der Waals surface area contributed by atoms with Crippen molar-refractivity contribution in [1.82, 2.24) is 0 Å². The summed E-state index contributed by atoms with van der Waals surface area (Å²) in [6.07, 6.45) is 16.9. The minimum Gasteiger partial charge on any atom is -0.302 e. The van der Waals surface area contributed by atoms with E-state index in [9.17, 15) is 9.59 Å². The minimum absolute atomic E-state index is 0.197. The first kappa shape index (κ1) is 26.8. The summed E-state index contributed by atoms with van der Waals surface area (Å²) in [6, 6.07) is 28.8. The van der Waals surface area contributed by atoms with Crippen LogP contribution in [-0.4, -0.2) is 11.6 Å². The molecule has 0 saturated heterocycles. The van der Waals surface area contributed by atoms with Gasteiger partial charge in [0, 0.05) is 48.6 Å². The molecule has 0 amide bonds. The van der Waals surface area contributed by atoms with Gasteiger partial charge >= 0.3 is 0 Å². The van der Waals surface area contributed by atoms with Crippen LogP contribution in [0, 0.1) is 18.8 Å². The monoisotopic (exact) mass is 605 g/mol. The fraction of sp³-hybridized carbons (Fsp3) is 0.0769. The van der Waals surface area contributed by atoms with Gasteiger partial charge < -0.3 is 4.90 Å². The molecule has 2 aromatic heterocycles. The van der Waals surface area contributed by atoms with E-state index in [0.29, 0.717) is 23.0 Å². The average molecular weight is 606 g/mol. The number of allylic oxidation sites excluding steroid dienone is 9. The first-order chi connectivity index (χ1) is 21.5. The second-order valence-electron chi connectivity index (χ2n) is 11.4. The zero-order valence-corrected chi connectivity index (χ0v) is 25.6. The predicted molar refractivity (Wildman–Crippen MR) is 185 cm³/mol. The Morgan fingerprint density at radius 2 is 1.48 bits per heavy atom. The lowest BCUT2D eigenvalue weighted by atomic mass is 9.81. The third kappa shape index (κ3) is 4.66. The molecule has 0 radical (unpaired) electrons. The zero-order valence-electron chi connectivity index (χ0n) is 23.9. The van der Waals surface area contributed by atoms with Gasteiger partial charge in [0.05, 0.1) is 5.57 Å². The van der Waals surface area contributed by atoms with Crippen LogP contribution < -0.4 is 4.90 Å². The van der Waals surface area contributed by atoms with Crippen molar-refractivity contribution in [3.8, 4) is 0 Å². The van der Waals surface area contributed by atoms with Gasteiger partial charge in [-0.25, -0.2) is 0 Å². The number of nitrogens with zero attached hydrogens (tertiary/aromatic N) is 1. The molecule has 5 heteroatoms. The molecule has 3 aromatic carbocycles. The van der Waals surface area contributed by atoms with Crippen molar-refractivity contribution in [3.63, 3.8) is 0 Å². The third-order valence-electron chi connectivity index (χ3n) is 8.42. The molecule has 5 aromatic rings. The molecule has 2 unspecified atom stereocenters. The van der Waals surface area contributed by atoms with Crippen molar-refractivity contribution in [1.29, 1.82) is 0 Å². The van der Waals surface area contributed by atoms with E-state index in [2.05, 4.69) is 115 Å². The van der Waals surface area contributed by atoms with Gasteiger partial charge in [-0.15, -0.1) is 22.7 Å². The first-order valence-electron chi connectivity index (χ1n) is 14.7. The highest BCUT2D eigenvalue weighted by Crippen LogP contribution is 2.45.